The van der Waals surface area contributed by atoms with Crippen molar-refractivity contribution in [2.45, 2.75) is 63.7 Å². The second-order valence-electron chi connectivity index (χ2n) is 8.28. The molecule has 0 bridgehead atoms. The maximum absolute atomic E-state index is 13.0. The van der Waals surface area contributed by atoms with Crippen molar-refractivity contribution in [3.63, 3.8) is 0 Å². The SMILES string of the molecule is C=CCn1c(SCC(=O)Nc2c(C#N)c(C)c(C)n2C2CCCCC2)nc2ccsc2c1=O. The Morgan fingerprint density at radius 3 is 2.85 bits per heavy atom. The molecule has 0 aliphatic heterocycles. The minimum atomic E-state index is -0.226. The number of nitriles is 1. The summed E-state index contributed by atoms with van der Waals surface area (Å²) in [7, 11) is 0. The van der Waals surface area contributed by atoms with Gasteiger partial charge in [0.15, 0.2) is 5.16 Å². The highest BCUT2D eigenvalue weighted by molar-refractivity contribution is 7.99. The van der Waals surface area contributed by atoms with Crippen molar-refractivity contribution in [2.24, 2.45) is 0 Å². The van der Waals surface area contributed by atoms with E-state index in [1.54, 1.807) is 10.6 Å². The van der Waals surface area contributed by atoms with Gasteiger partial charge in [0.1, 0.15) is 16.6 Å². The van der Waals surface area contributed by atoms with Crippen molar-refractivity contribution < 1.29 is 4.79 Å². The van der Waals surface area contributed by atoms with E-state index in [-0.39, 0.29) is 17.2 Å². The molecule has 1 N–H and O–H groups in total. The van der Waals surface area contributed by atoms with Gasteiger partial charge in [-0.25, -0.2) is 4.98 Å². The van der Waals surface area contributed by atoms with E-state index in [2.05, 4.69) is 27.5 Å². The van der Waals surface area contributed by atoms with Crippen LogP contribution in [0.4, 0.5) is 5.82 Å². The molecule has 3 aromatic rings. The van der Waals surface area contributed by atoms with Crippen LogP contribution in [-0.2, 0) is 11.3 Å². The molecule has 3 aromatic heterocycles. The van der Waals surface area contributed by atoms with Crippen molar-refractivity contribution in [1.29, 1.82) is 5.26 Å². The predicted octanol–water partition coefficient (Wildman–Crippen LogP) is 5.17. The van der Waals surface area contributed by atoms with Gasteiger partial charge in [-0.05, 0) is 43.7 Å². The largest absolute Gasteiger partial charge is 0.327 e. The number of amides is 1. The summed E-state index contributed by atoms with van der Waals surface area (Å²) in [5, 5.41) is 15.1. The minimum absolute atomic E-state index is 0.0814. The van der Waals surface area contributed by atoms with Crippen molar-refractivity contribution in [2.75, 3.05) is 11.1 Å². The molecule has 0 saturated heterocycles. The molecule has 1 fully saturated rings. The van der Waals surface area contributed by atoms with Gasteiger partial charge in [0.05, 0.1) is 16.8 Å². The van der Waals surface area contributed by atoms with E-state index in [0.717, 1.165) is 36.9 Å². The first-order valence-electron chi connectivity index (χ1n) is 11.1. The normalized spacial score (nSPS) is 14.3. The molecule has 1 aliphatic carbocycles. The average molecular weight is 482 g/mol. The monoisotopic (exact) mass is 481 g/mol. The Morgan fingerprint density at radius 2 is 2.15 bits per heavy atom. The van der Waals surface area contributed by atoms with E-state index in [0.29, 0.717) is 39.3 Å². The fraction of sp³-hybridized carbons (Fsp3) is 0.417. The van der Waals surface area contributed by atoms with Crippen LogP contribution >= 0.6 is 23.1 Å². The first-order valence-corrected chi connectivity index (χ1v) is 13.0. The summed E-state index contributed by atoms with van der Waals surface area (Å²) in [6, 6.07) is 4.39. The third kappa shape index (κ3) is 4.50. The van der Waals surface area contributed by atoms with Crippen LogP contribution in [0.3, 0.4) is 0 Å². The van der Waals surface area contributed by atoms with Gasteiger partial charge in [-0.3, -0.25) is 14.2 Å². The molecule has 0 radical (unpaired) electrons. The molecule has 33 heavy (non-hydrogen) atoms. The van der Waals surface area contributed by atoms with Crippen molar-refractivity contribution in [3.05, 3.63) is 51.3 Å². The van der Waals surface area contributed by atoms with Gasteiger partial charge >= 0.3 is 0 Å². The number of anilines is 1. The standard InChI is InChI=1S/C24H27N5O2S2/c1-4-11-28-23(31)21-19(10-12-32-21)26-24(28)33-14-20(30)27-22-18(13-25)15(2)16(3)29(22)17-8-6-5-7-9-17/h4,10,12,17H,1,5-9,11,14H2,2-3H3,(H,27,30). The molecule has 172 valence electrons. The number of rotatable bonds is 7. The summed E-state index contributed by atoms with van der Waals surface area (Å²) in [4.78, 5) is 30.4. The number of thiophene rings is 1. The number of carbonyl (C=O) groups is 1. The molecular formula is C24H27N5O2S2. The predicted molar refractivity (Wildman–Crippen MR) is 134 cm³/mol. The zero-order chi connectivity index (χ0) is 23.5. The van der Waals surface area contributed by atoms with Gasteiger partial charge in [0.2, 0.25) is 5.91 Å². The molecule has 0 spiro atoms. The molecule has 0 aromatic carbocycles. The second kappa shape index (κ2) is 9.98. The van der Waals surface area contributed by atoms with Crippen molar-refractivity contribution >= 4 is 45.0 Å². The molecule has 1 aliphatic rings. The van der Waals surface area contributed by atoms with E-state index >= 15 is 0 Å². The Kier molecular flexibility index (Phi) is 7.05. The first kappa shape index (κ1) is 23.3. The number of carbonyl (C=O) groups excluding carboxylic acids is 1. The van der Waals surface area contributed by atoms with Crippen LogP contribution < -0.4 is 10.9 Å². The quantitative estimate of drug-likeness (QED) is 0.285. The number of hydrogen-bond donors (Lipinski definition) is 1. The molecule has 1 amide bonds. The zero-order valence-electron chi connectivity index (χ0n) is 18.9. The van der Waals surface area contributed by atoms with E-state index < -0.39 is 0 Å². The fourth-order valence-electron chi connectivity index (χ4n) is 4.50. The second-order valence-corrected chi connectivity index (χ2v) is 10.1. The number of hydrogen-bond acceptors (Lipinski definition) is 6. The van der Waals surface area contributed by atoms with Crippen LogP contribution in [-0.4, -0.2) is 25.8 Å². The Labute approximate surface area is 201 Å². The number of nitrogens with one attached hydrogen (secondary N) is 1. The number of nitrogens with zero attached hydrogens (tertiary/aromatic N) is 4. The molecule has 9 heteroatoms. The topological polar surface area (TPSA) is 92.7 Å². The van der Waals surface area contributed by atoms with E-state index in [1.807, 2.05) is 25.3 Å². The zero-order valence-corrected chi connectivity index (χ0v) is 20.5. The molecule has 4 rings (SSSR count). The summed E-state index contributed by atoms with van der Waals surface area (Å²) in [6.45, 7) is 8.01. The Hall–Kier alpha value is -2.83. The van der Waals surface area contributed by atoms with Gasteiger partial charge in [-0.15, -0.1) is 17.9 Å². The van der Waals surface area contributed by atoms with Crippen LogP contribution in [0.2, 0.25) is 0 Å². The lowest BCUT2D eigenvalue weighted by Crippen LogP contribution is -2.24. The van der Waals surface area contributed by atoms with Crippen molar-refractivity contribution in [1.82, 2.24) is 14.1 Å². The van der Waals surface area contributed by atoms with Crippen LogP contribution in [0, 0.1) is 25.2 Å². The Balaban J connectivity index is 1.58. The number of thioether (sulfide) groups is 1. The van der Waals surface area contributed by atoms with E-state index in [9.17, 15) is 14.9 Å². The third-order valence-corrected chi connectivity index (χ3v) is 8.11. The van der Waals surface area contributed by atoms with Crippen LogP contribution in [0.15, 0.2) is 34.1 Å². The smallest absolute Gasteiger partial charge is 0.272 e. The summed E-state index contributed by atoms with van der Waals surface area (Å²) in [5.41, 5.74) is 2.98. The summed E-state index contributed by atoms with van der Waals surface area (Å²) >= 11 is 2.58. The third-order valence-electron chi connectivity index (χ3n) is 6.24. The summed E-state index contributed by atoms with van der Waals surface area (Å²) in [6.07, 6.45) is 7.29. The molecule has 0 atom stereocenters. The average Bonchev–Trinajstić information content (AvgIpc) is 3.38. The highest BCUT2D eigenvalue weighted by Crippen LogP contribution is 2.37. The molecule has 1 saturated carbocycles. The van der Waals surface area contributed by atoms with Gasteiger partial charge in [0.25, 0.3) is 5.56 Å². The molecule has 7 nitrogen and oxygen atoms in total. The number of fused-ring (bicyclic) bond motifs is 1. The minimum Gasteiger partial charge on any atom is -0.327 e. The maximum Gasteiger partial charge on any atom is 0.272 e. The molecular weight excluding hydrogens is 454 g/mol. The Morgan fingerprint density at radius 1 is 1.39 bits per heavy atom. The highest BCUT2D eigenvalue weighted by atomic mass is 32.2. The van der Waals surface area contributed by atoms with Gasteiger partial charge in [-0.2, -0.15) is 5.26 Å². The lowest BCUT2D eigenvalue weighted by atomic mass is 9.95. The highest BCUT2D eigenvalue weighted by Gasteiger charge is 2.26. The van der Waals surface area contributed by atoms with Crippen LogP contribution in [0.5, 0.6) is 0 Å². The maximum atomic E-state index is 13.0. The first-order chi connectivity index (χ1) is 16.0. The van der Waals surface area contributed by atoms with Gasteiger partial charge in [-0.1, -0.05) is 37.1 Å². The lowest BCUT2D eigenvalue weighted by molar-refractivity contribution is -0.113. The van der Waals surface area contributed by atoms with Gasteiger partial charge in [0, 0.05) is 18.3 Å². The van der Waals surface area contributed by atoms with Crippen LogP contribution in [0.1, 0.15) is 55.0 Å². The number of aromatic nitrogens is 3. The van der Waals surface area contributed by atoms with Crippen LogP contribution in [0.25, 0.3) is 10.2 Å². The van der Waals surface area contributed by atoms with Gasteiger partial charge < -0.3 is 9.88 Å². The van der Waals surface area contributed by atoms with E-state index in [4.69, 9.17) is 0 Å². The summed E-state index contributed by atoms with van der Waals surface area (Å²) in [5.74, 6) is 0.448. The lowest BCUT2D eigenvalue weighted by Gasteiger charge is -2.27. The van der Waals surface area contributed by atoms with Crippen molar-refractivity contribution in [3.8, 4) is 6.07 Å². The summed E-state index contributed by atoms with van der Waals surface area (Å²) < 4.78 is 4.29. The molecule has 3 heterocycles. The Bertz CT molecular complexity index is 1310. The fourth-order valence-corrected chi connectivity index (χ4v) is 6.09. The van der Waals surface area contributed by atoms with E-state index in [1.165, 1.54) is 29.5 Å². The molecule has 0 unspecified atom stereocenters. The number of allylic oxidation sites excluding steroid dienone is 1.